The van der Waals surface area contributed by atoms with Crippen LogP contribution in [0.2, 0.25) is 0 Å². The highest BCUT2D eigenvalue weighted by Gasteiger charge is 2.29. The molecule has 1 aliphatic rings. The number of nitrogens with one attached hydrogen (secondary N) is 1. The monoisotopic (exact) mass is 283 g/mol. The summed E-state index contributed by atoms with van der Waals surface area (Å²) in [6, 6.07) is 0.683. The first-order chi connectivity index (χ1) is 9.39. The molecule has 0 saturated heterocycles. The number of hydrogen-bond donors (Lipinski definition) is 1. The number of rotatable bonds is 8. The highest BCUT2D eigenvalue weighted by molar-refractivity contribution is 4.84. The maximum absolute atomic E-state index is 5.57. The number of methoxy groups -OCH3 is 1. The van der Waals surface area contributed by atoms with Gasteiger partial charge in [-0.2, -0.15) is 0 Å². The average molecular weight is 284 g/mol. The van der Waals surface area contributed by atoms with E-state index in [1.807, 2.05) is 7.11 Å². The molecule has 0 aliphatic heterocycles. The first-order valence-electron chi connectivity index (χ1n) is 8.68. The standard InChI is InChI=1S/C18H37NO/c1-7-19-17(12-13-18(4,5)20-6)16-10-8-15(9-11-16)14(2)3/h14-17,19H,7-13H2,1-6H3. The van der Waals surface area contributed by atoms with E-state index in [4.69, 9.17) is 4.74 Å². The third-order valence-corrected chi connectivity index (χ3v) is 5.40. The van der Waals surface area contributed by atoms with Gasteiger partial charge in [0.1, 0.15) is 0 Å². The summed E-state index contributed by atoms with van der Waals surface area (Å²) in [5.41, 5.74) is 0.0167. The fourth-order valence-corrected chi connectivity index (χ4v) is 3.59. The molecule has 0 aromatic carbocycles. The maximum Gasteiger partial charge on any atom is 0.0623 e. The summed E-state index contributed by atoms with van der Waals surface area (Å²) in [6.45, 7) is 12.5. The molecule has 0 spiro atoms. The van der Waals surface area contributed by atoms with Crippen LogP contribution in [0.15, 0.2) is 0 Å². The van der Waals surface area contributed by atoms with Crippen LogP contribution >= 0.6 is 0 Å². The smallest absolute Gasteiger partial charge is 0.0623 e. The van der Waals surface area contributed by atoms with Gasteiger partial charge in [-0.05, 0) is 76.7 Å². The molecule has 0 aromatic rings. The van der Waals surface area contributed by atoms with Crippen molar-refractivity contribution in [2.75, 3.05) is 13.7 Å². The lowest BCUT2D eigenvalue weighted by atomic mass is 9.73. The Morgan fingerprint density at radius 2 is 1.65 bits per heavy atom. The van der Waals surface area contributed by atoms with E-state index in [1.165, 1.54) is 32.1 Å². The molecule has 1 fully saturated rings. The first-order valence-corrected chi connectivity index (χ1v) is 8.68. The Hall–Kier alpha value is -0.0800. The van der Waals surface area contributed by atoms with Crippen molar-refractivity contribution in [2.24, 2.45) is 17.8 Å². The quantitative estimate of drug-likeness (QED) is 0.701. The van der Waals surface area contributed by atoms with Crippen molar-refractivity contribution < 1.29 is 4.74 Å². The highest BCUT2D eigenvalue weighted by Crippen LogP contribution is 2.36. The predicted octanol–water partition coefficient (Wildman–Crippen LogP) is 4.63. The summed E-state index contributed by atoms with van der Waals surface area (Å²) in [7, 11) is 1.83. The minimum absolute atomic E-state index is 0.0167. The molecular weight excluding hydrogens is 246 g/mol. The van der Waals surface area contributed by atoms with E-state index in [1.54, 1.807) is 0 Å². The Kier molecular flexibility index (Phi) is 7.53. The van der Waals surface area contributed by atoms with Crippen LogP contribution in [0, 0.1) is 17.8 Å². The second kappa shape index (κ2) is 8.38. The van der Waals surface area contributed by atoms with Crippen LogP contribution < -0.4 is 5.32 Å². The van der Waals surface area contributed by atoms with Crippen molar-refractivity contribution in [3.05, 3.63) is 0 Å². The van der Waals surface area contributed by atoms with E-state index in [2.05, 4.69) is 39.9 Å². The van der Waals surface area contributed by atoms with Gasteiger partial charge in [0.2, 0.25) is 0 Å². The van der Waals surface area contributed by atoms with Crippen LogP contribution in [0.4, 0.5) is 0 Å². The van der Waals surface area contributed by atoms with Gasteiger partial charge in [0.05, 0.1) is 5.60 Å². The molecular formula is C18H37NO. The lowest BCUT2D eigenvalue weighted by Gasteiger charge is -2.37. The van der Waals surface area contributed by atoms with Gasteiger partial charge in [-0.3, -0.25) is 0 Å². The summed E-state index contributed by atoms with van der Waals surface area (Å²) in [5.74, 6) is 2.70. The fraction of sp³-hybridized carbons (Fsp3) is 1.00. The van der Waals surface area contributed by atoms with Crippen molar-refractivity contribution in [1.29, 1.82) is 0 Å². The molecule has 1 rings (SSSR count). The van der Waals surface area contributed by atoms with E-state index < -0.39 is 0 Å². The molecule has 120 valence electrons. The minimum atomic E-state index is 0.0167. The molecule has 1 unspecified atom stereocenters. The molecule has 2 heteroatoms. The van der Waals surface area contributed by atoms with Crippen molar-refractivity contribution >= 4 is 0 Å². The lowest BCUT2D eigenvalue weighted by Crippen LogP contribution is -2.40. The van der Waals surface area contributed by atoms with E-state index in [9.17, 15) is 0 Å². The van der Waals surface area contributed by atoms with Gasteiger partial charge < -0.3 is 10.1 Å². The zero-order chi connectivity index (χ0) is 15.2. The summed E-state index contributed by atoms with van der Waals surface area (Å²) in [5, 5.41) is 3.74. The Balaban J connectivity index is 2.46. The fourth-order valence-electron chi connectivity index (χ4n) is 3.59. The molecule has 1 saturated carbocycles. The SMILES string of the molecule is CCNC(CCC(C)(C)OC)C1CCC(C(C)C)CC1. The van der Waals surface area contributed by atoms with E-state index >= 15 is 0 Å². The Bertz CT molecular complexity index is 254. The Morgan fingerprint density at radius 1 is 1.10 bits per heavy atom. The average Bonchev–Trinajstić information content (AvgIpc) is 2.43. The normalized spacial score (nSPS) is 25.9. The van der Waals surface area contributed by atoms with Gasteiger partial charge in [-0.15, -0.1) is 0 Å². The molecule has 0 radical (unpaired) electrons. The molecule has 1 aliphatic carbocycles. The Labute approximate surface area is 127 Å². The zero-order valence-corrected chi connectivity index (χ0v) is 14.7. The van der Waals surface area contributed by atoms with Crippen molar-refractivity contribution in [1.82, 2.24) is 5.32 Å². The summed E-state index contributed by atoms with van der Waals surface area (Å²) in [6.07, 6.45) is 8.06. The zero-order valence-electron chi connectivity index (χ0n) is 14.7. The van der Waals surface area contributed by atoms with E-state index in [-0.39, 0.29) is 5.60 Å². The molecule has 0 heterocycles. The maximum atomic E-state index is 5.57. The number of ether oxygens (including phenoxy) is 1. The molecule has 20 heavy (non-hydrogen) atoms. The second-order valence-electron chi connectivity index (χ2n) is 7.59. The largest absolute Gasteiger partial charge is 0.379 e. The van der Waals surface area contributed by atoms with Crippen LogP contribution in [0.1, 0.15) is 73.1 Å². The van der Waals surface area contributed by atoms with E-state index in [0.29, 0.717) is 6.04 Å². The first kappa shape index (κ1) is 18.0. The third-order valence-electron chi connectivity index (χ3n) is 5.40. The molecule has 1 N–H and O–H groups in total. The molecule has 0 aromatic heterocycles. The highest BCUT2D eigenvalue weighted by atomic mass is 16.5. The van der Waals surface area contributed by atoms with E-state index in [0.717, 1.165) is 30.7 Å². The predicted molar refractivity (Wildman–Crippen MR) is 88.1 cm³/mol. The topological polar surface area (TPSA) is 21.3 Å². The van der Waals surface area contributed by atoms with Gasteiger partial charge in [-0.25, -0.2) is 0 Å². The van der Waals surface area contributed by atoms with Crippen LogP contribution in [-0.2, 0) is 4.74 Å². The van der Waals surface area contributed by atoms with Gasteiger partial charge in [0.15, 0.2) is 0 Å². The van der Waals surface area contributed by atoms with Gasteiger partial charge >= 0.3 is 0 Å². The summed E-state index contributed by atoms with van der Waals surface area (Å²) >= 11 is 0. The van der Waals surface area contributed by atoms with Gasteiger partial charge in [0.25, 0.3) is 0 Å². The van der Waals surface area contributed by atoms with Crippen LogP contribution in [-0.4, -0.2) is 25.3 Å². The summed E-state index contributed by atoms with van der Waals surface area (Å²) in [4.78, 5) is 0. The van der Waals surface area contributed by atoms with Crippen LogP contribution in [0.5, 0.6) is 0 Å². The van der Waals surface area contributed by atoms with Crippen molar-refractivity contribution in [2.45, 2.75) is 84.8 Å². The summed E-state index contributed by atoms with van der Waals surface area (Å²) < 4.78 is 5.57. The van der Waals surface area contributed by atoms with Crippen molar-refractivity contribution in [3.63, 3.8) is 0 Å². The lowest BCUT2D eigenvalue weighted by molar-refractivity contribution is 0.00914. The van der Waals surface area contributed by atoms with Crippen molar-refractivity contribution in [3.8, 4) is 0 Å². The van der Waals surface area contributed by atoms with Crippen LogP contribution in [0.25, 0.3) is 0 Å². The second-order valence-corrected chi connectivity index (χ2v) is 7.59. The van der Waals surface area contributed by atoms with Crippen LogP contribution in [0.3, 0.4) is 0 Å². The molecule has 0 amide bonds. The van der Waals surface area contributed by atoms with Gasteiger partial charge in [-0.1, -0.05) is 20.8 Å². The third kappa shape index (κ3) is 5.73. The number of hydrogen-bond acceptors (Lipinski definition) is 2. The molecule has 0 bridgehead atoms. The molecule has 1 atom stereocenters. The minimum Gasteiger partial charge on any atom is -0.379 e. The van der Waals surface area contributed by atoms with Gasteiger partial charge in [0, 0.05) is 13.2 Å². The molecule has 2 nitrogen and oxygen atoms in total. The Morgan fingerprint density at radius 3 is 2.10 bits per heavy atom.